The first-order valence-corrected chi connectivity index (χ1v) is 10.5. The molecule has 4 unspecified atom stereocenters. The average molecular weight is 372 g/mol. The molecule has 27 heavy (non-hydrogen) atoms. The van der Waals surface area contributed by atoms with Gasteiger partial charge in [-0.1, -0.05) is 24.3 Å². The molecule has 1 aromatic rings. The van der Waals surface area contributed by atoms with Crippen LogP contribution in [0.3, 0.4) is 0 Å². The maximum absolute atomic E-state index is 9.41. The Kier molecular flexibility index (Phi) is 5.69. The Morgan fingerprint density at radius 3 is 3.00 bits per heavy atom. The number of fused-ring (bicyclic) bond motifs is 3. The van der Waals surface area contributed by atoms with Crippen molar-refractivity contribution in [2.45, 2.75) is 38.5 Å². The molecule has 4 atom stereocenters. The van der Waals surface area contributed by atoms with Gasteiger partial charge in [-0.2, -0.15) is 0 Å². The molecule has 1 heterocycles. The van der Waals surface area contributed by atoms with E-state index in [9.17, 15) is 5.11 Å². The Morgan fingerprint density at radius 2 is 2.22 bits per heavy atom. The van der Waals surface area contributed by atoms with Crippen LogP contribution in [-0.4, -0.2) is 50.5 Å². The minimum Gasteiger partial charge on any atom is -0.396 e. The van der Waals surface area contributed by atoms with E-state index in [1.807, 2.05) is 0 Å². The third-order valence-corrected chi connectivity index (χ3v) is 6.74. The van der Waals surface area contributed by atoms with Crippen LogP contribution in [-0.2, 0) is 11.2 Å². The summed E-state index contributed by atoms with van der Waals surface area (Å²) in [6, 6.07) is 8.97. The third-order valence-electron chi connectivity index (χ3n) is 6.74. The normalized spacial score (nSPS) is 31.9. The zero-order valence-electron chi connectivity index (χ0n) is 16.4. The van der Waals surface area contributed by atoms with Gasteiger partial charge in [0.25, 0.3) is 0 Å². The number of guanidine groups is 1. The number of hydrogen-bond donors (Lipinski definition) is 3. The van der Waals surface area contributed by atoms with Gasteiger partial charge in [0.2, 0.25) is 0 Å². The van der Waals surface area contributed by atoms with Gasteiger partial charge in [-0.15, -0.1) is 0 Å². The van der Waals surface area contributed by atoms with Crippen molar-refractivity contribution >= 4 is 5.96 Å². The van der Waals surface area contributed by atoms with Crippen molar-refractivity contribution in [2.75, 3.05) is 39.5 Å². The van der Waals surface area contributed by atoms with Gasteiger partial charge in [0.05, 0.1) is 13.2 Å². The van der Waals surface area contributed by atoms with Gasteiger partial charge >= 0.3 is 0 Å². The first-order valence-electron chi connectivity index (χ1n) is 10.5. The first-order chi connectivity index (χ1) is 13.3. The third kappa shape index (κ3) is 3.99. The highest BCUT2D eigenvalue weighted by atomic mass is 16.5. The lowest BCUT2D eigenvalue weighted by atomic mass is 9.84. The fourth-order valence-electron chi connectivity index (χ4n) is 5.08. The Hall–Kier alpha value is -1.59. The van der Waals surface area contributed by atoms with Crippen molar-refractivity contribution in [3.05, 3.63) is 35.4 Å². The van der Waals surface area contributed by atoms with Crippen molar-refractivity contribution < 1.29 is 9.84 Å². The van der Waals surface area contributed by atoms with Gasteiger partial charge in [-0.05, 0) is 61.5 Å². The number of ether oxygens (including phenoxy) is 1. The van der Waals surface area contributed by atoms with E-state index in [0.717, 1.165) is 56.3 Å². The van der Waals surface area contributed by atoms with Crippen LogP contribution in [0.2, 0.25) is 0 Å². The van der Waals surface area contributed by atoms with E-state index in [4.69, 9.17) is 9.73 Å². The predicted molar refractivity (Wildman–Crippen MR) is 108 cm³/mol. The number of aliphatic imine (C=N–C) groups is 1. The van der Waals surface area contributed by atoms with Gasteiger partial charge in [0, 0.05) is 31.7 Å². The number of rotatable bonds is 7. The molecule has 3 aliphatic rings. The van der Waals surface area contributed by atoms with Gasteiger partial charge in [0.15, 0.2) is 5.96 Å². The van der Waals surface area contributed by atoms with Gasteiger partial charge in [-0.25, -0.2) is 0 Å². The van der Waals surface area contributed by atoms with E-state index in [2.05, 4.69) is 41.8 Å². The molecule has 0 spiro atoms. The molecule has 0 amide bonds. The molecule has 4 rings (SSSR count). The fraction of sp³-hybridized carbons (Fsp3) is 0.682. The summed E-state index contributed by atoms with van der Waals surface area (Å²) in [5.74, 6) is 3.19. The number of aliphatic hydroxyl groups excluding tert-OH is 1. The van der Waals surface area contributed by atoms with Crippen molar-refractivity contribution in [1.29, 1.82) is 0 Å². The fourth-order valence-corrected chi connectivity index (χ4v) is 5.08. The van der Waals surface area contributed by atoms with Crippen LogP contribution in [0, 0.1) is 17.3 Å². The van der Waals surface area contributed by atoms with Crippen molar-refractivity contribution in [2.24, 2.45) is 22.2 Å². The molecule has 5 nitrogen and oxygen atoms in total. The molecule has 3 N–H and O–H groups in total. The van der Waals surface area contributed by atoms with Gasteiger partial charge in [-0.3, -0.25) is 4.99 Å². The highest BCUT2D eigenvalue weighted by Crippen LogP contribution is 2.59. The van der Waals surface area contributed by atoms with Crippen LogP contribution in [0.4, 0.5) is 0 Å². The molecule has 2 aliphatic carbocycles. The predicted octanol–water partition coefficient (Wildman–Crippen LogP) is 2.31. The Balaban J connectivity index is 1.36. The zero-order valence-corrected chi connectivity index (χ0v) is 16.4. The number of hydrogen-bond acceptors (Lipinski definition) is 3. The number of benzene rings is 1. The first kappa shape index (κ1) is 18.8. The summed E-state index contributed by atoms with van der Waals surface area (Å²) in [6.07, 6.45) is 4.30. The van der Waals surface area contributed by atoms with E-state index in [-0.39, 0.29) is 12.0 Å². The SMILES string of the molecule is CCNC(=NCC1(CCO)CCOC1)NCC1C2CCc3ccccc3C21. The molecule has 1 saturated heterocycles. The smallest absolute Gasteiger partial charge is 0.191 e. The van der Waals surface area contributed by atoms with Crippen molar-refractivity contribution in [3.8, 4) is 0 Å². The molecule has 1 aliphatic heterocycles. The number of nitrogens with one attached hydrogen (secondary N) is 2. The lowest BCUT2D eigenvalue weighted by Gasteiger charge is -2.24. The molecule has 0 aromatic heterocycles. The Morgan fingerprint density at radius 1 is 1.33 bits per heavy atom. The largest absolute Gasteiger partial charge is 0.396 e. The second kappa shape index (κ2) is 8.19. The molecule has 1 saturated carbocycles. The van der Waals surface area contributed by atoms with E-state index in [1.165, 1.54) is 12.8 Å². The number of aryl methyl sites for hydroxylation is 1. The van der Waals surface area contributed by atoms with Gasteiger partial charge < -0.3 is 20.5 Å². The minimum atomic E-state index is 0.00358. The van der Waals surface area contributed by atoms with Gasteiger partial charge in [0.1, 0.15) is 0 Å². The van der Waals surface area contributed by atoms with Crippen LogP contribution in [0.15, 0.2) is 29.3 Å². The lowest BCUT2D eigenvalue weighted by Crippen LogP contribution is -2.40. The van der Waals surface area contributed by atoms with E-state index in [1.54, 1.807) is 11.1 Å². The summed E-state index contributed by atoms with van der Waals surface area (Å²) in [6.45, 7) is 6.35. The second-order valence-electron chi connectivity index (χ2n) is 8.44. The summed E-state index contributed by atoms with van der Waals surface area (Å²) in [5.41, 5.74) is 3.13. The molecular formula is C22H33N3O2. The van der Waals surface area contributed by atoms with Crippen LogP contribution in [0.5, 0.6) is 0 Å². The quantitative estimate of drug-likeness (QED) is 0.508. The van der Waals surface area contributed by atoms with E-state index in [0.29, 0.717) is 13.2 Å². The molecule has 0 bridgehead atoms. The average Bonchev–Trinajstić information content (AvgIpc) is 3.22. The Bertz CT molecular complexity index is 669. The van der Waals surface area contributed by atoms with Crippen molar-refractivity contribution in [3.63, 3.8) is 0 Å². The lowest BCUT2D eigenvalue weighted by molar-refractivity contribution is 0.131. The second-order valence-corrected chi connectivity index (χ2v) is 8.44. The maximum atomic E-state index is 9.41. The molecule has 0 radical (unpaired) electrons. The Labute approximate surface area is 162 Å². The minimum absolute atomic E-state index is 0.00358. The zero-order chi connectivity index (χ0) is 18.7. The summed E-state index contributed by atoms with van der Waals surface area (Å²) >= 11 is 0. The topological polar surface area (TPSA) is 65.9 Å². The van der Waals surface area contributed by atoms with Crippen molar-refractivity contribution in [1.82, 2.24) is 10.6 Å². The van der Waals surface area contributed by atoms with Crippen LogP contribution in [0.1, 0.15) is 43.2 Å². The summed E-state index contributed by atoms with van der Waals surface area (Å²) < 4.78 is 5.59. The molecule has 1 aromatic carbocycles. The molecule has 148 valence electrons. The maximum Gasteiger partial charge on any atom is 0.191 e. The molecular weight excluding hydrogens is 338 g/mol. The highest BCUT2D eigenvalue weighted by Gasteiger charge is 2.52. The summed E-state index contributed by atoms with van der Waals surface area (Å²) in [7, 11) is 0. The number of aliphatic hydroxyl groups is 1. The molecule has 2 fully saturated rings. The number of nitrogens with zero attached hydrogens (tertiary/aromatic N) is 1. The van der Waals surface area contributed by atoms with E-state index >= 15 is 0 Å². The molecule has 5 heteroatoms. The monoisotopic (exact) mass is 371 g/mol. The summed E-state index contributed by atoms with van der Waals surface area (Å²) in [5, 5.41) is 16.4. The standard InChI is InChI=1S/C22H33N3O2/c1-2-23-21(25-14-22(9-11-26)10-12-27-15-22)24-13-19-18-8-7-16-5-3-4-6-17(16)20(18)19/h3-6,18-20,26H,2,7-15H2,1H3,(H2,23,24,25). The van der Waals surface area contributed by atoms with Crippen LogP contribution >= 0.6 is 0 Å². The van der Waals surface area contributed by atoms with Crippen LogP contribution in [0.25, 0.3) is 0 Å². The highest BCUT2D eigenvalue weighted by molar-refractivity contribution is 5.79. The summed E-state index contributed by atoms with van der Waals surface area (Å²) in [4.78, 5) is 4.85. The van der Waals surface area contributed by atoms with E-state index < -0.39 is 0 Å². The van der Waals surface area contributed by atoms with Crippen LogP contribution < -0.4 is 10.6 Å².